The Morgan fingerprint density at radius 3 is 2.58 bits per heavy atom. The number of thiocarbonyl (C=S) groups is 1. The van der Waals surface area contributed by atoms with Gasteiger partial charge in [-0.3, -0.25) is 9.78 Å². The molecule has 2 aromatic heterocycles. The molecule has 38 heavy (non-hydrogen) atoms. The van der Waals surface area contributed by atoms with Crippen molar-refractivity contribution in [1.29, 1.82) is 0 Å². The van der Waals surface area contributed by atoms with Gasteiger partial charge in [0.05, 0.1) is 23.0 Å². The second-order valence-corrected chi connectivity index (χ2v) is 9.04. The van der Waals surface area contributed by atoms with Gasteiger partial charge in [0, 0.05) is 24.7 Å². The molecule has 10 heteroatoms. The molecule has 1 aliphatic rings. The van der Waals surface area contributed by atoms with Gasteiger partial charge < -0.3 is 25.1 Å². The Bertz CT molecular complexity index is 1490. The number of hydrogen-bond acceptors (Lipinski definition) is 5. The maximum atomic E-state index is 14.0. The SMILES string of the molecule is O=C(CCN1C(=S)N[C@H](c2ccccn2)[C@H]1c1ccc(-c2ccccc2C(=O)O)o1)Nc1ccccc1F. The van der Waals surface area contributed by atoms with Crippen molar-refractivity contribution in [3.05, 3.63) is 108 Å². The second kappa shape index (κ2) is 10.8. The molecule has 0 saturated carbocycles. The molecule has 3 heterocycles. The monoisotopic (exact) mass is 530 g/mol. The summed E-state index contributed by atoms with van der Waals surface area (Å²) in [6.07, 6.45) is 1.72. The van der Waals surface area contributed by atoms with Crippen LogP contribution in [0.4, 0.5) is 10.1 Å². The lowest BCUT2D eigenvalue weighted by Gasteiger charge is -2.25. The van der Waals surface area contributed by atoms with Crippen LogP contribution in [0.1, 0.15) is 40.3 Å². The Morgan fingerprint density at radius 2 is 1.82 bits per heavy atom. The number of furan rings is 1. The normalized spacial score (nSPS) is 16.8. The number of halogens is 1. The number of pyridine rings is 1. The van der Waals surface area contributed by atoms with Crippen molar-refractivity contribution in [2.75, 3.05) is 11.9 Å². The van der Waals surface area contributed by atoms with Crippen LogP contribution in [0.2, 0.25) is 0 Å². The summed E-state index contributed by atoms with van der Waals surface area (Å²) >= 11 is 5.63. The highest BCUT2D eigenvalue weighted by Gasteiger charge is 2.41. The van der Waals surface area contributed by atoms with Gasteiger partial charge in [0.15, 0.2) is 5.11 Å². The number of anilines is 1. The van der Waals surface area contributed by atoms with E-state index < -0.39 is 17.8 Å². The van der Waals surface area contributed by atoms with Crippen molar-refractivity contribution in [2.24, 2.45) is 0 Å². The van der Waals surface area contributed by atoms with Gasteiger partial charge in [-0.05, 0) is 54.7 Å². The van der Waals surface area contributed by atoms with Crippen LogP contribution in [-0.4, -0.2) is 38.5 Å². The molecule has 0 bridgehead atoms. The molecule has 1 aliphatic heterocycles. The van der Waals surface area contributed by atoms with Crippen LogP contribution in [0.15, 0.2) is 89.5 Å². The van der Waals surface area contributed by atoms with Crippen molar-refractivity contribution in [3.8, 4) is 11.3 Å². The minimum absolute atomic E-state index is 0.0387. The van der Waals surface area contributed by atoms with Gasteiger partial charge in [-0.1, -0.05) is 36.4 Å². The van der Waals surface area contributed by atoms with Crippen LogP contribution in [0.3, 0.4) is 0 Å². The minimum atomic E-state index is -1.06. The van der Waals surface area contributed by atoms with Crippen LogP contribution in [0.5, 0.6) is 0 Å². The minimum Gasteiger partial charge on any atom is -0.478 e. The fourth-order valence-electron chi connectivity index (χ4n) is 4.49. The maximum absolute atomic E-state index is 14.0. The van der Waals surface area contributed by atoms with Gasteiger partial charge in [0.2, 0.25) is 5.91 Å². The van der Waals surface area contributed by atoms with Gasteiger partial charge in [0.25, 0.3) is 0 Å². The Kier molecular flexibility index (Phi) is 7.14. The molecule has 4 aromatic rings. The summed E-state index contributed by atoms with van der Waals surface area (Å²) in [5.74, 6) is -1.02. The van der Waals surface area contributed by atoms with Crippen LogP contribution in [0.25, 0.3) is 11.3 Å². The van der Waals surface area contributed by atoms with E-state index in [-0.39, 0.29) is 36.2 Å². The van der Waals surface area contributed by atoms with Crippen molar-refractivity contribution in [3.63, 3.8) is 0 Å². The largest absolute Gasteiger partial charge is 0.478 e. The van der Waals surface area contributed by atoms with E-state index in [0.29, 0.717) is 22.2 Å². The third-order valence-electron chi connectivity index (χ3n) is 6.27. The number of rotatable bonds is 8. The molecule has 2 atom stereocenters. The first-order valence-corrected chi connectivity index (χ1v) is 12.3. The predicted octanol–water partition coefficient (Wildman–Crippen LogP) is 5.18. The quantitative estimate of drug-likeness (QED) is 0.268. The number of hydrogen-bond donors (Lipinski definition) is 3. The van der Waals surface area contributed by atoms with Crippen LogP contribution in [-0.2, 0) is 4.79 Å². The van der Waals surface area contributed by atoms with E-state index in [4.69, 9.17) is 16.6 Å². The molecule has 1 amide bonds. The lowest BCUT2D eigenvalue weighted by Crippen LogP contribution is -2.32. The fourth-order valence-corrected chi connectivity index (χ4v) is 4.83. The van der Waals surface area contributed by atoms with Crippen LogP contribution >= 0.6 is 12.2 Å². The van der Waals surface area contributed by atoms with Crippen molar-refractivity contribution < 1.29 is 23.5 Å². The van der Waals surface area contributed by atoms with Crippen molar-refractivity contribution in [2.45, 2.75) is 18.5 Å². The van der Waals surface area contributed by atoms with E-state index in [1.54, 1.807) is 48.7 Å². The Hall–Kier alpha value is -4.57. The maximum Gasteiger partial charge on any atom is 0.336 e. The average molecular weight is 531 g/mol. The molecule has 0 spiro atoms. The number of carboxylic acid groups (broad SMARTS) is 1. The number of carboxylic acids is 1. The molecule has 192 valence electrons. The van der Waals surface area contributed by atoms with E-state index in [1.165, 1.54) is 18.2 Å². The molecular weight excluding hydrogens is 507 g/mol. The number of benzene rings is 2. The first-order chi connectivity index (χ1) is 18.4. The zero-order valence-electron chi connectivity index (χ0n) is 20.0. The predicted molar refractivity (Wildman–Crippen MR) is 143 cm³/mol. The van der Waals surface area contributed by atoms with Crippen LogP contribution < -0.4 is 10.6 Å². The lowest BCUT2D eigenvalue weighted by molar-refractivity contribution is -0.116. The molecule has 0 radical (unpaired) electrons. The van der Waals surface area contributed by atoms with Gasteiger partial charge in [-0.25, -0.2) is 9.18 Å². The molecule has 0 aliphatic carbocycles. The van der Waals surface area contributed by atoms with Crippen molar-refractivity contribution in [1.82, 2.24) is 15.2 Å². The number of para-hydroxylation sites is 1. The van der Waals surface area contributed by atoms with E-state index >= 15 is 0 Å². The molecule has 2 aromatic carbocycles. The van der Waals surface area contributed by atoms with Crippen molar-refractivity contribution >= 4 is 34.9 Å². The summed E-state index contributed by atoms with van der Waals surface area (Å²) in [7, 11) is 0. The van der Waals surface area contributed by atoms with Crippen LogP contribution in [0, 0.1) is 5.82 Å². The highest BCUT2D eigenvalue weighted by Crippen LogP contribution is 2.40. The average Bonchev–Trinajstić information content (AvgIpc) is 3.53. The van der Waals surface area contributed by atoms with Gasteiger partial charge >= 0.3 is 5.97 Å². The molecule has 3 N–H and O–H groups in total. The Morgan fingerprint density at radius 1 is 1.05 bits per heavy atom. The summed E-state index contributed by atoms with van der Waals surface area (Å²) in [6, 6.07) is 20.7. The molecule has 5 rings (SSSR count). The fraction of sp³-hybridized carbons (Fsp3) is 0.143. The van der Waals surface area contributed by atoms with Gasteiger partial charge in [-0.15, -0.1) is 0 Å². The molecule has 0 unspecified atom stereocenters. The number of carbonyl (C=O) groups excluding carboxylic acids is 1. The van der Waals surface area contributed by atoms with E-state index in [1.807, 2.05) is 23.1 Å². The first-order valence-electron chi connectivity index (χ1n) is 11.9. The van der Waals surface area contributed by atoms with E-state index in [0.717, 1.165) is 5.69 Å². The highest BCUT2D eigenvalue weighted by atomic mass is 32.1. The number of aromatic nitrogens is 1. The van der Waals surface area contributed by atoms with E-state index in [2.05, 4.69) is 15.6 Å². The summed E-state index contributed by atoms with van der Waals surface area (Å²) in [5, 5.41) is 15.9. The van der Waals surface area contributed by atoms with E-state index in [9.17, 15) is 19.1 Å². The zero-order valence-corrected chi connectivity index (χ0v) is 20.8. The third-order valence-corrected chi connectivity index (χ3v) is 6.62. The number of carbonyl (C=O) groups is 2. The molecule has 1 fully saturated rings. The number of nitrogens with one attached hydrogen (secondary N) is 2. The molecule has 1 saturated heterocycles. The number of aromatic carboxylic acids is 1. The summed E-state index contributed by atoms with van der Waals surface area (Å²) in [4.78, 5) is 30.7. The third kappa shape index (κ3) is 5.12. The second-order valence-electron chi connectivity index (χ2n) is 8.65. The topological polar surface area (TPSA) is 108 Å². The first kappa shape index (κ1) is 25.1. The molecule has 8 nitrogen and oxygen atoms in total. The summed E-state index contributed by atoms with van der Waals surface area (Å²) in [5.41, 5.74) is 1.40. The smallest absolute Gasteiger partial charge is 0.336 e. The lowest BCUT2D eigenvalue weighted by atomic mass is 10.0. The van der Waals surface area contributed by atoms with Gasteiger partial charge in [-0.2, -0.15) is 0 Å². The number of nitrogens with zero attached hydrogens (tertiary/aromatic N) is 2. The van der Waals surface area contributed by atoms with Gasteiger partial charge in [0.1, 0.15) is 23.4 Å². The zero-order chi connectivity index (χ0) is 26.6. The summed E-state index contributed by atoms with van der Waals surface area (Å²) < 4.78 is 20.2. The number of amides is 1. The highest BCUT2D eigenvalue weighted by molar-refractivity contribution is 7.80. The Balaban J connectivity index is 1.43. The summed E-state index contributed by atoms with van der Waals surface area (Å²) in [6.45, 7) is 0.224. The molecular formula is C28H23FN4O4S. The standard InChI is InChI=1S/C28H23FN4O4S/c29-19-9-3-4-10-20(19)31-24(34)14-16-33-26(25(32-28(33)38)21-11-5-6-15-30-21)23-13-12-22(37-23)17-7-1-2-8-18(17)27(35)36/h1-13,15,25-26H,14,16H2,(H,31,34)(H,32,38)(H,35,36)/t25-,26-/m1/s1. The Labute approximate surface area is 223 Å².